The third-order valence-corrected chi connectivity index (χ3v) is 11.1. The predicted molar refractivity (Wildman–Crippen MR) is 206 cm³/mol. The molecule has 3 nitrogen and oxygen atoms in total. The summed E-state index contributed by atoms with van der Waals surface area (Å²) in [6, 6.07) is 47.7. The summed E-state index contributed by atoms with van der Waals surface area (Å²) < 4.78 is 2.26. The largest absolute Gasteiger partial charge is 0.321 e. The Hall–Kier alpha value is -5.51. The summed E-state index contributed by atoms with van der Waals surface area (Å²) in [6.07, 6.45) is 4.10. The standard InChI is InChI=1S/C46H39N3/c1-45(2)36-20-12-9-17-33(36)43-37(45)24-25-42-44(43)34-18-10-13-21-41(34)49(42)28-48-40(27-39(47)29-14-6-5-7-15-29)30-22-23-32-31-16-8-11-19-35(31)46(3,4)38(32)26-30/h5-28,39H,47H2,1-4H3/b40-27-,48-28?. The fourth-order valence-electron chi connectivity index (χ4n) is 8.55. The molecule has 0 amide bonds. The van der Waals surface area contributed by atoms with Gasteiger partial charge >= 0.3 is 0 Å². The van der Waals surface area contributed by atoms with Crippen LogP contribution in [0.1, 0.15) is 67.1 Å². The van der Waals surface area contributed by atoms with Crippen LogP contribution in [-0.2, 0) is 10.8 Å². The number of hydrogen-bond acceptors (Lipinski definition) is 2. The number of aromatic nitrogens is 1. The summed E-state index contributed by atoms with van der Waals surface area (Å²) in [4.78, 5) is 5.31. The zero-order valence-corrected chi connectivity index (χ0v) is 28.4. The Morgan fingerprint density at radius 1 is 0.612 bits per heavy atom. The first-order valence-corrected chi connectivity index (χ1v) is 17.2. The normalized spacial score (nSPS) is 16.1. The lowest BCUT2D eigenvalue weighted by Crippen LogP contribution is -2.15. The minimum absolute atomic E-state index is 0.0676. The molecule has 238 valence electrons. The van der Waals surface area contributed by atoms with Crippen LogP contribution in [-0.4, -0.2) is 10.9 Å². The van der Waals surface area contributed by atoms with Gasteiger partial charge in [0.15, 0.2) is 0 Å². The van der Waals surface area contributed by atoms with Crippen molar-refractivity contribution in [1.82, 2.24) is 4.57 Å². The smallest absolute Gasteiger partial charge is 0.100 e. The lowest BCUT2D eigenvalue weighted by atomic mass is 9.82. The molecule has 2 aliphatic rings. The quantitative estimate of drug-likeness (QED) is 0.149. The first-order valence-electron chi connectivity index (χ1n) is 17.2. The Bertz CT molecular complexity index is 2510. The highest BCUT2D eigenvalue weighted by molar-refractivity contribution is 6.19. The summed E-state index contributed by atoms with van der Waals surface area (Å²) in [6.45, 7) is 9.32. The first-order chi connectivity index (χ1) is 23.7. The van der Waals surface area contributed by atoms with Gasteiger partial charge in [0.2, 0.25) is 0 Å². The second-order valence-electron chi connectivity index (χ2n) is 14.6. The molecule has 1 heterocycles. The van der Waals surface area contributed by atoms with E-state index >= 15 is 0 Å². The van der Waals surface area contributed by atoms with Gasteiger partial charge in [0.25, 0.3) is 0 Å². The third-order valence-electron chi connectivity index (χ3n) is 11.1. The monoisotopic (exact) mass is 633 g/mol. The van der Waals surface area contributed by atoms with Gasteiger partial charge in [-0.1, -0.05) is 143 Å². The Morgan fingerprint density at radius 3 is 2.04 bits per heavy atom. The van der Waals surface area contributed by atoms with Gasteiger partial charge in [0.1, 0.15) is 6.34 Å². The predicted octanol–water partition coefficient (Wildman–Crippen LogP) is 11.0. The van der Waals surface area contributed by atoms with Crippen molar-refractivity contribution in [2.75, 3.05) is 0 Å². The fraction of sp³-hybridized carbons (Fsp3) is 0.152. The molecular formula is C46H39N3. The molecule has 0 fully saturated rings. The van der Waals surface area contributed by atoms with Crippen LogP contribution >= 0.6 is 0 Å². The number of fused-ring (bicyclic) bond motifs is 10. The third kappa shape index (κ3) is 4.35. The number of nitrogens with zero attached hydrogens (tertiary/aromatic N) is 2. The van der Waals surface area contributed by atoms with Gasteiger partial charge < -0.3 is 5.73 Å². The molecular weight excluding hydrogens is 595 g/mol. The average Bonchev–Trinajstić information content (AvgIpc) is 3.67. The molecule has 0 saturated carbocycles. The molecule has 49 heavy (non-hydrogen) atoms. The number of aliphatic imine (C=N–C) groups is 1. The number of benzene rings is 6. The second kappa shape index (κ2) is 10.7. The van der Waals surface area contributed by atoms with Crippen molar-refractivity contribution in [3.05, 3.63) is 173 Å². The highest BCUT2D eigenvalue weighted by atomic mass is 15.0. The number of rotatable bonds is 5. The minimum Gasteiger partial charge on any atom is -0.321 e. The molecule has 2 aliphatic carbocycles. The number of nitrogens with two attached hydrogens (primary N) is 1. The van der Waals surface area contributed by atoms with Crippen molar-refractivity contribution in [3.8, 4) is 22.3 Å². The van der Waals surface area contributed by atoms with Crippen LogP contribution in [0, 0.1) is 0 Å². The zero-order valence-electron chi connectivity index (χ0n) is 28.4. The van der Waals surface area contributed by atoms with Crippen LogP contribution in [0.4, 0.5) is 0 Å². The lowest BCUT2D eigenvalue weighted by molar-refractivity contribution is 0.660. The maximum absolute atomic E-state index is 6.87. The topological polar surface area (TPSA) is 43.3 Å². The number of hydrogen-bond donors (Lipinski definition) is 1. The van der Waals surface area contributed by atoms with Crippen molar-refractivity contribution in [2.24, 2.45) is 10.7 Å². The minimum atomic E-state index is -0.313. The van der Waals surface area contributed by atoms with Crippen LogP contribution in [0.15, 0.2) is 145 Å². The lowest BCUT2D eigenvalue weighted by Gasteiger charge is -2.22. The molecule has 0 bridgehead atoms. The Balaban J connectivity index is 1.24. The maximum atomic E-state index is 6.87. The SMILES string of the molecule is CC1(C)c2ccccc2-c2ccc(/C(=C/C(N)c3ccccc3)N=Cn3c4ccccc4c4c5c(ccc43)C(C)(C)c3ccccc3-5)cc21. The van der Waals surface area contributed by atoms with E-state index in [1.807, 2.05) is 24.5 Å². The maximum Gasteiger partial charge on any atom is 0.100 e. The number of para-hydroxylation sites is 1. The van der Waals surface area contributed by atoms with Crippen LogP contribution in [0.3, 0.4) is 0 Å². The van der Waals surface area contributed by atoms with E-state index in [4.69, 9.17) is 10.7 Å². The molecule has 0 radical (unpaired) electrons. The van der Waals surface area contributed by atoms with Gasteiger partial charge in [-0.15, -0.1) is 0 Å². The van der Waals surface area contributed by atoms with E-state index < -0.39 is 0 Å². The van der Waals surface area contributed by atoms with Gasteiger partial charge in [-0.25, -0.2) is 4.99 Å². The molecule has 9 rings (SSSR count). The zero-order chi connectivity index (χ0) is 33.5. The highest BCUT2D eigenvalue weighted by Gasteiger charge is 2.37. The van der Waals surface area contributed by atoms with E-state index in [-0.39, 0.29) is 16.9 Å². The van der Waals surface area contributed by atoms with E-state index in [2.05, 4.69) is 154 Å². The summed E-state index contributed by atoms with van der Waals surface area (Å²) in [7, 11) is 0. The van der Waals surface area contributed by atoms with Gasteiger partial charge in [-0.2, -0.15) is 0 Å². The van der Waals surface area contributed by atoms with E-state index in [1.54, 1.807) is 0 Å². The molecule has 0 spiro atoms. The van der Waals surface area contributed by atoms with Crippen molar-refractivity contribution in [2.45, 2.75) is 44.6 Å². The van der Waals surface area contributed by atoms with Crippen molar-refractivity contribution in [3.63, 3.8) is 0 Å². The van der Waals surface area contributed by atoms with Gasteiger partial charge in [-0.3, -0.25) is 4.57 Å². The molecule has 1 aromatic heterocycles. The average molecular weight is 634 g/mol. The second-order valence-corrected chi connectivity index (χ2v) is 14.6. The summed E-state index contributed by atoms with van der Waals surface area (Å²) in [5.74, 6) is 0. The van der Waals surface area contributed by atoms with Crippen LogP contribution in [0.25, 0.3) is 49.8 Å². The molecule has 2 N–H and O–H groups in total. The van der Waals surface area contributed by atoms with E-state index in [0.717, 1.165) is 27.9 Å². The molecule has 1 atom stereocenters. The van der Waals surface area contributed by atoms with Crippen LogP contribution in [0.2, 0.25) is 0 Å². The van der Waals surface area contributed by atoms with Crippen molar-refractivity contribution < 1.29 is 0 Å². The van der Waals surface area contributed by atoms with E-state index in [1.165, 1.54) is 55.3 Å². The van der Waals surface area contributed by atoms with E-state index in [9.17, 15) is 0 Å². The Morgan fingerprint density at radius 2 is 1.24 bits per heavy atom. The van der Waals surface area contributed by atoms with Gasteiger partial charge in [0, 0.05) is 27.2 Å². The van der Waals surface area contributed by atoms with Crippen molar-refractivity contribution in [1.29, 1.82) is 0 Å². The summed E-state index contributed by atoms with van der Waals surface area (Å²) in [5.41, 5.74) is 22.6. The summed E-state index contributed by atoms with van der Waals surface area (Å²) >= 11 is 0. The highest BCUT2D eigenvalue weighted by Crippen LogP contribution is 2.53. The molecule has 6 aromatic carbocycles. The Kier molecular flexibility index (Phi) is 6.50. The molecule has 0 aliphatic heterocycles. The van der Waals surface area contributed by atoms with Gasteiger partial charge in [0.05, 0.1) is 22.8 Å². The first kappa shape index (κ1) is 29.6. The molecule has 7 aromatic rings. The molecule has 3 heteroatoms. The molecule has 0 saturated heterocycles. The fourth-order valence-corrected chi connectivity index (χ4v) is 8.55. The Labute approximate surface area is 288 Å². The van der Waals surface area contributed by atoms with Crippen LogP contribution < -0.4 is 5.73 Å². The van der Waals surface area contributed by atoms with Crippen molar-refractivity contribution >= 4 is 33.8 Å². The van der Waals surface area contributed by atoms with Crippen LogP contribution in [0.5, 0.6) is 0 Å². The van der Waals surface area contributed by atoms with E-state index in [0.29, 0.717) is 0 Å². The summed E-state index contributed by atoms with van der Waals surface area (Å²) in [5, 5.41) is 2.51. The molecule has 1 unspecified atom stereocenters. The van der Waals surface area contributed by atoms with Gasteiger partial charge in [-0.05, 0) is 74.3 Å².